The van der Waals surface area contributed by atoms with Crippen molar-refractivity contribution in [1.29, 1.82) is 0 Å². The van der Waals surface area contributed by atoms with Crippen LogP contribution in [0.4, 0.5) is 0 Å². The van der Waals surface area contributed by atoms with E-state index in [0.29, 0.717) is 6.04 Å². The van der Waals surface area contributed by atoms with E-state index in [1.54, 1.807) is 0 Å². The van der Waals surface area contributed by atoms with Crippen molar-refractivity contribution in [3.05, 3.63) is 0 Å². The number of hydrogen-bond donors (Lipinski definition) is 1. The van der Waals surface area contributed by atoms with Gasteiger partial charge in [0.15, 0.2) is 0 Å². The third-order valence-electron chi connectivity index (χ3n) is 4.09. The lowest BCUT2D eigenvalue weighted by Crippen LogP contribution is -2.56. The van der Waals surface area contributed by atoms with Gasteiger partial charge in [0.25, 0.3) is 0 Å². The summed E-state index contributed by atoms with van der Waals surface area (Å²) in [5.74, 6) is 0.964. The van der Waals surface area contributed by atoms with Crippen LogP contribution in [0.25, 0.3) is 0 Å². The largest absolute Gasteiger partial charge is 0.380 e. The molecule has 3 nitrogen and oxygen atoms in total. The molecule has 0 aromatic heterocycles. The Balaban J connectivity index is 1.63. The maximum Gasteiger partial charge on any atom is 0.0593 e. The number of ether oxygens (including phenoxy) is 1. The van der Waals surface area contributed by atoms with Gasteiger partial charge in [-0.2, -0.15) is 0 Å². The first-order chi connectivity index (χ1) is 8.31. The van der Waals surface area contributed by atoms with E-state index in [-0.39, 0.29) is 0 Å². The SMILES string of the molecule is CCCCOCCN1CC(C2CC2)NCC1C. The first-order valence-corrected chi connectivity index (χ1v) is 7.36. The molecule has 2 rings (SSSR count). The molecule has 1 saturated carbocycles. The maximum atomic E-state index is 5.67. The fraction of sp³-hybridized carbons (Fsp3) is 1.00. The Kier molecular flexibility index (Phi) is 5.26. The van der Waals surface area contributed by atoms with Crippen LogP contribution in [0.15, 0.2) is 0 Å². The maximum absolute atomic E-state index is 5.67. The van der Waals surface area contributed by atoms with Gasteiger partial charge in [0.05, 0.1) is 6.61 Å². The second kappa shape index (κ2) is 6.72. The zero-order chi connectivity index (χ0) is 12.1. The van der Waals surface area contributed by atoms with Crippen LogP contribution in [0.5, 0.6) is 0 Å². The summed E-state index contributed by atoms with van der Waals surface area (Å²) in [6.45, 7) is 9.85. The van der Waals surface area contributed by atoms with E-state index in [4.69, 9.17) is 4.74 Å². The highest BCUT2D eigenvalue weighted by Crippen LogP contribution is 2.34. The fourth-order valence-corrected chi connectivity index (χ4v) is 2.60. The minimum absolute atomic E-state index is 0.666. The molecular weight excluding hydrogens is 212 g/mol. The van der Waals surface area contributed by atoms with Gasteiger partial charge in [0.2, 0.25) is 0 Å². The summed E-state index contributed by atoms with van der Waals surface area (Å²) in [6, 6.07) is 1.42. The molecule has 0 bridgehead atoms. The van der Waals surface area contributed by atoms with E-state index in [1.165, 1.54) is 32.2 Å². The summed E-state index contributed by atoms with van der Waals surface area (Å²) >= 11 is 0. The van der Waals surface area contributed by atoms with Crippen LogP contribution in [0.1, 0.15) is 39.5 Å². The van der Waals surface area contributed by atoms with Gasteiger partial charge in [-0.15, -0.1) is 0 Å². The van der Waals surface area contributed by atoms with Gasteiger partial charge in [0.1, 0.15) is 0 Å². The first kappa shape index (κ1) is 13.3. The molecule has 2 atom stereocenters. The Labute approximate surface area is 106 Å². The average Bonchev–Trinajstić information content (AvgIpc) is 3.15. The van der Waals surface area contributed by atoms with Gasteiger partial charge < -0.3 is 10.1 Å². The highest BCUT2D eigenvalue weighted by Gasteiger charge is 2.35. The third kappa shape index (κ3) is 4.23. The zero-order valence-electron chi connectivity index (χ0n) is 11.5. The summed E-state index contributed by atoms with van der Waals surface area (Å²) in [4.78, 5) is 2.60. The van der Waals surface area contributed by atoms with E-state index in [9.17, 15) is 0 Å². The second-order valence-electron chi connectivity index (χ2n) is 5.66. The van der Waals surface area contributed by atoms with Gasteiger partial charge in [-0.1, -0.05) is 13.3 Å². The number of unbranched alkanes of at least 4 members (excludes halogenated alkanes) is 1. The molecule has 0 radical (unpaired) electrons. The predicted molar refractivity (Wildman–Crippen MR) is 71.3 cm³/mol. The van der Waals surface area contributed by atoms with Crippen molar-refractivity contribution >= 4 is 0 Å². The first-order valence-electron chi connectivity index (χ1n) is 7.36. The topological polar surface area (TPSA) is 24.5 Å². The van der Waals surface area contributed by atoms with Crippen molar-refractivity contribution in [1.82, 2.24) is 10.2 Å². The van der Waals surface area contributed by atoms with Gasteiger partial charge in [-0.25, -0.2) is 0 Å². The summed E-state index contributed by atoms with van der Waals surface area (Å²) in [6.07, 6.45) is 5.30. The molecule has 100 valence electrons. The number of nitrogens with one attached hydrogen (secondary N) is 1. The van der Waals surface area contributed by atoms with Crippen molar-refractivity contribution in [2.45, 2.75) is 51.6 Å². The smallest absolute Gasteiger partial charge is 0.0593 e. The van der Waals surface area contributed by atoms with E-state index in [2.05, 4.69) is 24.1 Å². The Morgan fingerprint density at radius 1 is 1.29 bits per heavy atom. The number of nitrogens with zero attached hydrogens (tertiary/aromatic N) is 1. The van der Waals surface area contributed by atoms with Crippen LogP contribution in [0.2, 0.25) is 0 Å². The summed E-state index contributed by atoms with van der Waals surface area (Å²) in [5.41, 5.74) is 0. The summed E-state index contributed by atoms with van der Waals surface area (Å²) in [7, 11) is 0. The van der Waals surface area contributed by atoms with Gasteiger partial charge in [0, 0.05) is 38.3 Å². The minimum Gasteiger partial charge on any atom is -0.380 e. The average molecular weight is 240 g/mol. The molecule has 2 unspecified atom stereocenters. The fourth-order valence-electron chi connectivity index (χ4n) is 2.60. The second-order valence-corrected chi connectivity index (χ2v) is 5.66. The summed E-state index contributed by atoms with van der Waals surface area (Å²) in [5, 5.41) is 3.69. The highest BCUT2D eigenvalue weighted by atomic mass is 16.5. The van der Waals surface area contributed by atoms with Crippen LogP contribution in [-0.2, 0) is 4.74 Å². The van der Waals surface area contributed by atoms with E-state index >= 15 is 0 Å². The number of piperazine rings is 1. The molecule has 0 amide bonds. The van der Waals surface area contributed by atoms with Gasteiger partial charge in [-0.3, -0.25) is 4.90 Å². The Morgan fingerprint density at radius 3 is 2.82 bits per heavy atom. The molecule has 2 aliphatic rings. The Morgan fingerprint density at radius 2 is 2.12 bits per heavy atom. The van der Waals surface area contributed by atoms with Crippen LogP contribution < -0.4 is 5.32 Å². The molecular formula is C14H28N2O. The highest BCUT2D eigenvalue weighted by molar-refractivity contribution is 4.93. The van der Waals surface area contributed by atoms with Gasteiger partial charge in [-0.05, 0) is 32.1 Å². The monoisotopic (exact) mass is 240 g/mol. The van der Waals surface area contributed by atoms with Gasteiger partial charge >= 0.3 is 0 Å². The molecule has 3 heteroatoms. The number of rotatable bonds is 7. The van der Waals surface area contributed by atoms with Crippen molar-refractivity contribution in [3.63, 3.8) is 0 Å². The quantitative estimate of drug-likeness (QED) is 0.688. The standard InChI is InChI=1S/C14H28N2O/c1-3-4-8-17-9-7-16-11-14(13-5-6-13)15-10-12(16)2/h12-15H,3-11H2,1-2H3. The lowest BCUT2D eigenvalue weighted by Gasteiger charge is -2.39. The number of hydrogen-bond acceptors (Lipinski definition) is 3. The van der Waals surface area contributed by atoms with E-state index in [0.717, 1.165) is 38.3 Å². The lowest BCUT2D eigenvalue weighted by molar-refractivity contribution is 0.0664. The minimum atomic E-state index is 0.666. The Hall–Kier alpha value is -0.120. The van der Waals surface area contributed by atoms with Crippen LogP contribution in [0, 0.1) is 5.92 Å². The third-order valence-corrected chi connectivity index (χ3v) is 4.09. The van der Waals surface area contributed by atoms with Crippen molar-refractivity contribution < 1.29 is 4.74 Å². The molecule has 1 heterocycles. The normalized spacial score (nSPS) is 30.7. The molecule has 0 spiro atoms. The van der Waals surface area contributed by atoms with Crippen molar-refractivity contribution in [2.24, 2.45) is 5.92 Å². The molecule has 2 fully saturated rings. The molecule has 1 N–H and O–H groups in total. The molecule has 0 aromatic rings. The van der Waals surface area contributed by atoms with E-state index in [1.807, 2.05) is 0 Å². The molecule has 1 aliphatic carbocycles. The predicted octanol–water partition coefficient (Wildman–Crippen LogP) is 1.88. The van der Waals surface area contributed by atoms with Crippen LogP contribution >= 0.6 is 0 Å². The zero-order valence-corrected chi connectivity index (χ0v) is 11.5. The Bertz CT molecular complexity index is 218. The van der Waals surface area contributed by atoms with Crippen LogP contribution in [0.3, 0.4) is 0 Å². The van der Waals surface area contributed by atoms with E-state index < -0.39 is 0 Å². The molecule has 1 aliphatic heterocycles. The molecule has 17 heavy (non-hydrogen) atoms. The van der Waals surface area contributed by atoms with Crippen LogP contribution in [-0.4, -0.2) is 49.8 Å². The lowest BCUT2D eigenvalue weighted by atomic mass is 10.1. The van der Waals surface area contributed by atoms with Crippen molar-refractivity contribution in [2.75, 3.05) is 32.8 Å². The summed E-state index contributed by atoms with van der Waals surface area (Å²) < 4.78 is 5.67. The molecule has 1 saturated heterocycles. The molecule has 0 aromatic carbocycles. The van der Waals surface area contributed by atoms with Crippen molar-refractivity contribution in [3.8, 4) is 0 Å².